The first kappa shape index (κ1) is 14.8. The van der Waals surface area contributed by atoms with E-state index < -0.39 is 0 Å². The molecule has 0 spiro atoms. The van der Waals surface area contributed by atoms with E-state index in [0.29, 0.717) is 0 Å². The van der Waals surface area contributed by atoms with E-state index in [4.69, 9.17) is 11.6 Å². The molecule has 3 nitrogen and oxygen atoms in total. The van der Waals surface area contributed by atoms with Crippen LogP contribution in [0.25, 0.3) is 0 Å². The van der Waals surface area contributed by atoms with Gasteiger partial charge < -0.3 is 10.0 Å². The molecule has 1 unspecified atom stereocenters. The molecule has 0 saturated carbocycles. The maximum Gasteiger partial charge on any atom is 0.133 e. The Morgan fingerprint density at radius 1 is 1.15 bits per heavy atom. The summed E-state index contributed by atoms with van der Waals surface area (Å²) in [6.07, 6.45) is 2.46. The average Bonchev–Trinajstić information content (AvgIpc) is 2.42. The third-order valence-corrected chi connectivity index (χ3v) is 3.52. The monoisotopic (exact) mass is 290 g/mol. The second-order valence-electron chi connectivity index (χ2n) is 5.14. The molecule has 0 aliphatic rings. The quantitative estimate of drug-likeness (QED) is 0.915. The largest absolute Gasteiger partial charge is 0.506 e. The minimum Gasteiger partial charge on any atom is -0.506 e. The average molecular weight is 291 g/mol. The molecule has 0 aliphatic carbocycles. The number of aromatic hydroxyl groups is 1. The number of pyridine rings is 1. The van der Waals surface area contributed by atoms with Crippen molar-refractivity contribution in [2.45, 2.75) is 12.3 Å². The minimum atomic E-state index is 0.191. The number of halogens is 1. The lowest BCUT2D eigenvalue weighted by Crippen LogP contribution is -2.17. The maximum atomic E-state index is 9.38. The molecule has 106 valence electrons. The second-order valence-corrected chi connectivity index (χ2v) is 5.57. The third-order valence-electron chi connectivity index (χ3n) is 3.27. The number of aromatic nitrogens is 1. The zero-order valence-corrected chi connectivity index (χ0v) is 12.5. The molecule has 2 rings (SSSR count). The van der Waals surface area contributed by atoms with Gasteiger partial charge in [-0.1, -0.05) is 23.7 Å². The Morgan fingerprint density at radius 2 is 1.85 bits per heavy atom. The number of hydrogen-bond donors (Lipinski definition) is 1. The van der Waals surface area contributed by atoms with Gasteiger partial charge in [-0.2, -0.15) is 0 Å². The van der Waals surface area contributed by atoms with Gasteiger partial charge in [-0.15, -0.1) is 0 Å². The van der Waals surface area contributed by atoms with E-state index in [1.54, 1.807) is 6.07 Å². The molecular weight excluding hydrogens is 272 g/mol. The van der Waals surface area contributed by atoms with Gasteiger partial charge in [0.25, 0.3) is 0 Å². The van der Waals surface area contributed by atoms with Crippen LogP contribution in [0.1, 0.15) is 23.6 Å². The predicted octanol–water partition coefficient (Wildman–Crippen LogP) is 3.52. The molecule has 0 amide bonds. The molecule has 2 aromatic rings. The zero-order chi connectivity index (χ0) is 14.5. The smallest absolute Gasteiger partial charge is 0.133 e. The van der Waals surface area contributed by atoms with Crippen LogP contribution in [0, 0.1) is 0 Å². The van der Waals surface area contributed by atoms with Crippen molar-refractivity contribution in [1.82, 2.24) is 9.88 Å². The zero-order valence-electron chi connectivity index (χ0n) is 11.8. The van der Waals surface area contributed by atoms with Crippen molar-refractivity contribution in [3.8, 4) is 5.75 Å². The standard InChI is InChI=1S/C16H19ClN2O/c1-19(2)10-9-15(12-3-5-13(17)6-4-12)16-8-7-14(20)11-18-16/h3-8,11,15,20H,9-10H2,1-2H3. The first-order valence-electron chi connectivity index (χ1n) is 6.61. The Balaban J connectivity index is 2.28. The van der Waals surface area contributed by atoms with Crippen molar-refractivity contribution in [3.05, 3.63) is 58.9 Å². The van der Waals surface area contributed by atoms with Crippen molar-refractivity contribution in [3.63, 3.8) is 0 Å². The van der Waals surface area contributed by atoms with E-state index >= 15 is 0 Å². The summed E-state index contributed by atoms with van der Waals surface area (Å²) in [6, 6.07) is 11.4. The van der Waals surface area contributed by atoms with E-state index in [1.165, 1.54) is 11.8 Å². The van der Waals surface area contributed by atoms with E-state index in [2.05, 4.69) is 24.0 Å². The van der Waals surface area contributed by atoms with Crippen LogP contribution < -0.4 is 0 Å². The number of benzene rings is 1. The van der Waals surface area contributed by atoms with E-state index in [9.17, 15) is 5.11 Å². The summed E-state index contributed by atoms with van der Waals surface area (Å²) in [5, 5.41) is 10.1. The Morgan fingerprint density at radius 3 is 2.40 bits per heavy atom. The topological polar surface area (TPSA) is 36.4 Å². The fourth-order valence-electron chi connectivity index (χ4n) is 2.17. The van der Waals surface area contributed by atoms with Gasteiger partial charge in [-0.3, -0.25) is 4.98 Å². The van der Waals surface area contributed by atoms with Crippen LogP contribution in [0.5, 0.6) is 5.75 Å². The molecule has 20 heavy (non-hydrogen) atoms. The number of hydrogen-bond acceptors (Lipinski definition) is 3. The SMILES string of the molecule is CN(C)CCC(c1ccc(Cl)cc1)c1ccc(O)cn1. The van der Waals surface area contributed by atoms with Gasteiger partial charge >= 0.3 is 0 Å². The highest BCUT2D eigenvalue weighted by molar-refractivity contribution is 6.30. The Kier molecular flexibility index (Phi) is 4.99. The lowest BCUT2D eigenvalue weighted by molar-refractivity contribution is 0.389. The maximum absolute atomic E-state index is 9.38. The predicted molar refractivity (Wildman–Crippen MR) is 82.4 cm³/mol. The second kappa shape index (κ2) is 6.73. The van der Waals surface area contributed by atoms with Crippen LogP contribution in [-0.4, -0.2) is 35.6 Å². The molecule has 1 aromatic heterocycles. The van der Waals surface area contributed by atoms with Gasteiger partial charge in [0.05, 0.1) is 6.20 Å². The Bertz CT molecular complexity index is 492. The molecule has 1 heterocycles. The van der Waals surface area contributed by atoms with Crippen molar-refractivity contribution in [1.29, 1.82) is 0 Å². The third kappa shape index (κ3) is 3.95. The summed E-state index contributed by atoms with van der Waals surface area (Å²) in [6.45, 7) is 0.968. The van der Waals surface area contributed by atoms with E-state index in [1.807, 2.05) is 30.3 Å². The summed E-state index contributed by atoms with van der Waals surface area (Å²) in [5.74, 6) is 0.395. The minimum absolute atomic E-state index is 0.191. The number of nitrogens with zero attached hydrogens (tertiary/aromatic N) is 2. The summed E-state index contributed by atoms with van der Waals surface area (Å²) >= 11 is 5.95. The summed E-state index contributed by atoms with van der Waals surface area (Å²) in [4.78, 5) is 6.51. The Hall–Kier alpha value is -1.58. The van der Waals surface area contributed by atoms with E-state index in [0.717, 1.165) is 23.7 Å². The highest BCUT2D eigenvalue weighted by Crippen LogP contribution is 2.28. The highest BCUT2D eigenvalue weighted by atomic mass is 35.5. The molecule has 0 aliphatic heterocycles. The van der Waals surface area contributed by atoms with Crippen LogP contribution in [0.4, 0.5) is 0 Å². The van der Waals surface area contributed by atoms with Crippen LogP contribution in [-0.2, 0) is 0 Å². The van der Waals surface area contributed by atoms with Crippen LogP contribution in [0.15, 0.2) is 42.6 Å². The van der Waals surface area contributed by atoms with Gasteiger partial charge in [0, 0.05) is 16.6 Å². The summed E-state index contributed by atoms with van der Waals surface area (Å²) < 4.78 is 0. The fraction of sp³-hybridized carbons (Fsp3) is 0.312. The van der Waals surface area contributed by atoms with Crippen LogP contribution in [0.2, 0.25) is 5.02 Å². The highest BCUT2D eigenvalue weighted by Gasteiger charge is 2.16. The normalized spacial score (nSPS) is 12.6. The molecule has 0 bridgehead atoms. The van der Waals surface area contributed by atoms with Gasteiger partial charge in [-0.25, -0.2) is 0 Å². The van der Waals surface area contributed by atoms with Crippen LogP contribution in [0.3, 0.4) is 0 Å². The van der Waals surface area contributed by atoms with Crippen molar-refractivity contribution in [2.75, 3.05) is 20.6 Å². The molecular formula is C16H19ClN2O. The summed E-state index contributed by atoms with van der Waals surface area (Å²) in [5.41, 5.74) is 2.15. The number of rotatable bonds is 5. The molecule has 0 radical (unpaired) electrons. The Labute approximate surface area is 124 Å². The van der Waals surface area contributed by atoms with Crippen molar-refractivity contribution < 1.29 is 5.11 Å². The molecule has 0 fully saturated rings. The first-order valence-corrected chi connectivity index (χ1v) is 6.99. The van der Waals surface area contributed by atoms with Gasteiger partial charge in [-0.05, 0) is 56.9 Å². The molecule has 1 N–H and O–H groups in total. The van der Waals surface area contributed by atoms with Crippen molar-refractivity contribution in [2.24, 2.45) is 0 Å². The first-order chi connectivity index (χ1) is 9.56. The molecule has 4 heteroatoms. The van der Waals surface area contributed by atoms with Gasteiger partial charge in [0.1, 0.15) is 5.75 Å². The van der Waals surface area contributed by atoms with Gasteiger partial charge in [0.2, 0.25) is 0 Å². The van der Waals surface area contributed by atoms with Crippen molar-refractivity contribution >= 4 is 11.6 Å². The molecule has 1 atom stereocenters. The molecule has 0 saturated heterocycles. The van der Waals surface area contributed by atoms with E-state index in [-0.39, 0.29) is 11.7 Å². The van der Waals surface area contributed by atoms with Gasteiger partial charge in [0.15, 0.2) is 0 Å². The summed E-state index contributed by atoms with van der Waals surface area (Å²) in [7, 11) is 4.12. The lowest BCUT2D eigenvalue weighted by Gasteiger charge is -2.19. The van der Waals surface area contributed by atoms with Crippen LogP contribution >= 0.6 is 11.6 Å². The molecule has 1 aromatic carbocycles. The lowest BCUT2D eigenvalue weighted by atomic mass is 9.92. The fourth-order valence-corrected chi connectivity index (χ4v) is 2.30.